The molecule has 1 N–H and O–H groups in total. The van der Waals surface area contributed by atoms with Gasteiger partial charge in [0.1, 0.15) is 24.2 Å². The lowest BCUT2D eigenvalue weighted by molar-refractivity contribution is -0.140. The highest BCUT2D eigenvalue weighted by atomic mass is 32.2. The van der Waals surface area contributed by atoms with E-state index in [0.717, 1.165) is 43.6 Å². The maximum Gasteiger partial charge on any atom is 0.244 e. The predicted octanol–water partition coefficient (Wildman–Crippen LogP) is 4.43. The van der Waals surface area contributed by atoms with E-state index in [1.807, 2.05) is 30.3 Å². The minimum absolute atomic E-state index is 0.0397. The number of para-hydroxylation sites is 1. The fourth-order valence-electron chi connectivity index (χ4n) is 4.98. The Hall–Kier alpha value is -3.79. The molecule has 3 aromatic carbocycles. The van der Waals surface area contributed by atoms with E-state index in [1.165, 1.54) is 41.3 Å². The number of sulfonamides is 1. The van der Waals surface area contributed by atoms with Crippen LogP contribution in [-0.4, -0.2) is 50.0 Å². The molecule has 0 heterocycles. The summed E-state index contributed by atoms with van der Waals surface area (Å²) in [5, 5.41) is 3.04. The van der Waals surface area contributed by atoms with Gasteiger partial charge in [-0.25, -0.2) is 17.2 Å². The first kappa shape index (κ1) is 29.2. The standard InChI is InChI=1S/C30H33F2N3O4S/c1-40(38,39)35(27-18-10-9-17-26(27)32)21-29(36)34(20-23-13-5-8-16-25(23)31)28(19-22-11-3-2-4-12-22)30(37)33-24-14-6-7-15-24/h2-5,8-13,16-18,24,28H,6-7,14-15,19-21H2,1H3,(H,33,37). The molecule has 1 aliphatic carbocycles. The molecule has 0 aromatic heterocycles. The van der Waals surface area contributed by atoms with Crippen LogP contribution >= 0.6 is 0 Å². The van der Waals surface area contributed by atoms with Gasteiger partial charge in [-0.1, -0.05) is 73.5 Å². The number of carbonyl (C=O) groups is 2. The van der Waals surface area contributed by atoms with Gasteiger partial charge in [-0.05, 0) is 36.6 Å². The zero-order valence-corrected chi connectivity index (χ0v) is 23.1. The number of benzene rings is 3. The molecule has 10 heteroatoms. The molecule has 4 rings (SSSR count). The second kappa shape index (κ2) is 13.0. The van der Waals surface area contributed by atoms with Crippen molar-refractivity contribution in [1.82, 2.24) is 10.2 Å². The molecule has 212 valence electrons. The van der Waals surface area contributed by atoms with Crippen molar-refractivity contribution in [3.8, 4) is 0 Å². The Balaban J connectivity index is 1.74. The molecule has 0 aliphatic heterocycles. The Morgan fingerprint density at radius 1 is 0.900 bits per heavy atom. The van der Waals surface area contributed by atoms with Gasteiger partial charge in [0.2, 0.25) is 21.8 Å². The number of hydrogen-bond donors (Lipinski definition) is 1. The fourth-order valence-corrected chi connectivity index (χ4v) is 5.83. The molecule has 0 bridgehead atoms. The van der Waals surface area contributed by atoms with Crippen molar-refractivity contribution in [2.75, 3.05) is 17.1 Å². The van der Waals surface area contributed by atoms with E-state index in [1.54, 1.807) is 6.07 Å². The summed E-state index contributed by atoms with van der Waals surface area (Å²) in [7, 11) is -4.10. The van der Waals surface area contributed by atoms with Gasteiger partial charge in [-0.2, -0.15) is 0 Å². The SMILES string of the molecule is CS(=O)(=O)N(CC(=O)N(Cc1ccccc1F)C(Cc1ccccc1)C(=O)NC1CCCC1)c1ccccc1F. The van der Waals surface area contributed by atoms with Crippen LogP contribution in [0.25, 0.3) is 0 Å². The molecule has 0 saturated heterocycles. The van der Waals surface area contributed by atoms with Gasteiger partial charge in [-0.3, -0.25) is 13.9 Å². The van der Waals surface area contributed by atoms with Gasteiger partial charge < -0.3 is 10.2 Å². The van der Waals surface area contributed by atoms with Crippen LogP contribution in [0.15, 0.2) is 78.9 Å². The smallest absolute Gasteiger partial charge is 0.244 e. The first-order valence-electron chi connectivity index (χ1n) is 13.2. The third-order valence-electron chi connectivity index (χ3n) is 7.07. The molecular weight excluding hydrogens is 536 g/mol. The summed E-state index contributed by atoms with van der Waals surface area (Å²) in [5.74, 6) is -2.55. The van der Waals surface area contributed by atoms with Crippen molar-refractivity contribution >= 4 is 27.5 Å². The lowest BCUT2D eigenvalue weighted by Crippen LogP contribution is -2.54. The third-order valence-corrected chi connectivity index (χ3v) is 8.20. The number of amides is 2. The third kappa shape index (κ3) is 7.44. The summed E-state index contributed by atoms with van der Waals surface area (Å²) in [6.45, 7) is -1.05. The Kier molecular flexibility index (Phi) is 9.52. The molecule has 1 fully saturated rings. The van der Waals surface area contributed by atoms with Gasteiger partial charge in [0.05, 0.1) is 11.9 Å². The van der Waals surface area contributed by atoms with Crippen LogP contribution in [0.2, 0.25) is 0 Å². The Morgan fingerprint density at radius 3 is 2.12 bits per heavy atom. The first-order chi connectivity index (χ1) is 19.1. The first-order valence-corrected chi connectivity index (χ1v) is 15.1. The van der Waals surface area contributed by atoms with Crippen LogP contribution in [0.3, 0.4) is 0 Å². The van der Waals surface area contributed by atoms with Crippen LogP contribution in [-0.2, 0) is 32.6 Å². The normalized spacial score (nSPS) is 14.5. The number of rotatable bonds is 11. The van der Waals surface area contributed by atoms with Crippen molar-refractivity contribution in [3.63, 3.8) is 0 Å². The largest absolute Gasteiger partial charge is 0.352 e. The molecule has 1 saturated carbocycles. The number of halogens is 2. The zero-order chi connectivity index (χ0) is 28.7. The van der Waals surface area contributed by atoms with Crippen LogP contribution in [0, 0.1) is 11.6 Å². The number of nitrogens with zero attached hydrogens (tertiary/aromatic N) is 2. The molecule has 7 nitrogen and oxygen atoms in total. The van der Waals surface area contributed by atoms with Crippen LogP contribution < -0.4 is 9.62 Å². The lowest BCUT2D eigenvalue weighted by atomic mass is 10.0. The van der Waals surface area contributed by atoms with E-state index in [0.29, 0.717) is 4.31 Å². The molecule has 0 spiro atoms. The average molecular weight is 570 g/mol. The topological polar surface area (TPSA) is 86.8 Å². The van der Waals surface area contributed by atoms with Gasteiger partial charge in [0.25, 0.3) is 0 Å². The molecule has 1 atom stereocenters. The highest BCUT2D eigenvalue weighted by molar-refractivity contribution is 7.92. The summed E-state index contributed by atoms with van der Waals surface area (Å²) in [4.78, 5) is 28.9. The minimum atomic E-state index is -4.10. The van der Waals surface area contributed by atoms with E-state index >= 15 is 0 Å². The number of anilines is 1. The van der Waals surface area contributed by atoms with E-state index in [-0.39, 0.29) is 30.3 Å². The van der Waals surface area contributed by atoms with Crippen LogP contribution in [0.1, 0.15) is 36.8 Å². The second-order valence-electron chi connectivity index (χ2n) is 10.0. The van der Waals surface area contributed by atoms with Gasteiger partial charge in [0.15, 0.2) is 0 Å². The van der Waals surface area contributed by atoms with Crippen molar-refractivity contribution in [2.24, 2.45) is 0 Å². The van der Waals surface area contributed by atoms with E-state index < -0.39 is 46.1 Å². The second-order valence-corrected chi connectivity index (χ2v) is 11.9. The average Bonchev–Trinajstić information content (AvgIpc) is 3.43. The predicted molar refractivity (Wildman–Crippen MR) is 150 cm³/mol. The minimum Gasteiger partial charge on any atom is -0.352 e. The number of carbonyl (C=O) groups excluding carboxylic acids is 2. The van der Waals surface area contributed by atoms with Gasteiger partial charge in [-0.15, -0.1) is 0 Å². The Labute approximate surface area is 233 Å². The van der Waals surface area contributed by atoms with E-state index in [2.05, 4.69) is 5.32 Å². The van der Waals surface area contributed by atoms with Crippen LogP contribution in [0.4, 0.5) is 14.5 Å². The molecule has 1 unspecified atom stereocenters. The quantitative estimate of drug-likeness (QED) is 0.370. The van der Waals surface area contributed by atoms with Crippen molar-refractivity contribution in [1.29, 1.82) is 0 Å². The maximum atomic E-state index is 14.8. The highest BCUT2D eigenvalue weighted by Gasteiger charge is 2.35. The summed E-state index contributed by atoms with van der Waals surface area (Å²) in [6.07, 6.45) is 4.61. The Morgan fingerprint density at radius 2 is 1.50 bits per heavy atom. The molecule has 40 heavy (non-hydrogen) atoms. The van der Waals surface area contributed by atoms with Crippen LogP contribution in [0.5, 0.6) is 0 Å². The molecule has 1 aliphatic rings. The fraction of sp³-hybridized carbons (Fsp3) is 0.333. The Bertz CT molecular complexity index is 1430. The highest BCUT2D eigenvalue weighted by Crippen LogP contribution is 2.24. The summed E-state index contributed by atoms with van der Waals surface area (Å²) in [6, 6.07) is 19.1. The molecule has 3 aromatic rings. The molecular formula is C30H33F2N3O4S. The zero-order valence-electron chi connectivity index (χ0n) is 22.3. The monoisotopic (exact) mass is 569 g/mol. The summed E-state index contributed by atoms with van der Waals surface area (Å²) < 4.78 is 55.6. The van der Waals surface area contributed by atoms with Crippen molar-refractivity contribution < 1.29 is 26.8 Å². The molecule has 2 amide bonds. The van der Waals surface area contributed by atoms with Gasteiger partial charge >= 0.3 is 0 Å². The van der Waals surface area contributed by atoms with Gasteiger partial charge in [0, 0.05) is 24.6 Å². The summed E-state index contributed by atoms with van der Waals surface area (Å²) in [5.41, 5.74) is 0.646. The lowest BCUT2D eigenvalue weighted by Gasteiger charge is -2.34. The number of nitrogens with one attached hydrogen (secondary N) is 1. The molecule has 0 radical (unpaired) electrons. The maximum absolute atomic E-state index is 14.8. The number of hydrogen-bond acceptors (Lipinski definition) is 4. The van der Waals surface area contributed by atoms with E-state index in [4.69, 9.17) is 0 Å². The van der Waals surface area contributed by atoms with Crippen molar-refractivity contribution in [3.05, 3.63) is 102 Å². The summed E-state index contributed by atoms with van der Waals surface area (Å²) >= 11 is 0. The van der Waals surface area contributed by atoms with Crippen molar-refractivity contribution in [2.45, 2.75) is 50.7 Å². The van der Waals surface area contributed by atoms with E-state index in [9.17, 15) is 26.8 Å².